The maximum absolute atomic E-state index is 13.8. The number of hydrogen-bond acceptors (Lipinski definition) is 3. The van der Waals surface area contributed by atoms with Crippen molar-refractivity contribution in [1.29, 1.82) is 5.26 Å². The lowest BCUT2D eigenvalue weighted by atomic mass is 10.1. The second kappa shape index (κ2) is 8.44. The summed E-state index contributed by atoms with van der Waals surface area (Å²) in [4.78, 5) is 13.7. The van der Waals surface area contributed by atoms with Crippen LogP contribution < -0.4 is 5.32 Å². The van der Waals surface area contributed by atoms with Crippen LogP contribution in [0.25, 0.3) is 0 Å². The van der Waals surface area contributed by atoms with E-state index in [1.807, 2.05) is 0 Å². The molecule has 124 valence electrons. The molecule has 1 N–H and O–H groups in total. The Labute approximate surface area is 145 Å². The number of likely N-dealkylation sites (N-methyl/N-ethyl adjacent to an activating group) is 1. The molecule has 0 aliphatic rings. The van der Waals surface area contributed by atoms with E-state index in [2.05, 4.69) is 11.4 Å². The highest BCUT2D eigenvalue weighted by atomic mass is 35.5. The van der Waals surface area contributed by atoms with E-state index < -0.39 is 0 Å². The summed E-state index contributed by atoms with van der Waals surface area (Å²) < 4.78 is 13.8. The van der Waals surface area contributed by atoms with Crippen molar-refractivity contribution in [2.75, 3.05) is 18.9 Å². The summed E-state index contributed by atoms with van der Waals surface area (Å²) in [6.07, 6.45) is 0.334. The van der Waals surface area contributed by atoms with Crippen LogP contribution >= 0.6 is 11.6 Å². The van der Waals surface area contributed by atoms with Crippen molar-refractivity contribution in [3.63, 3.8) is 0 Å². The van der Waals surface area contributed by atoms with Gasteiger partial charge in [0.15, 0.2) is 0 Å². The van der Waals surface area contributed by atoms with Gasteiger partial charge in [-0.25, -0.2) is 4.39 Å². The minimum Gasteiger partial charge on any atom is -0.325 e. The van der Waals surface area contributed by atoms with Crippen LogP contribution in [0.5, 0.6) is 0 Å². The van der Waals surface area contributed by atoms with Crippen LogP contribution in [-0.4, -0.2) is 24.4 Å². The number of rotatable bonds is 6. The van der Waals surface area contributed by atoms with Crippen LogP contribution in [0.4, 0.5) is 10.1 Å². The molecule has 0 unspecified atom stereocenters. The lowest BCUT2D eigenvalue weighted by molar-refractivity contribution is -0.117. The number of benzene rings is 2. The second-order valence-corrected chi connectivity index (χ2v) is 5.86. The maximum atomic E-state index is 13.8. The van der Waals surface area contributed by atoms with E-state index in [1.165, 1.54) is 6.07 Å². The van der Waals surface area contributed by atoms with E-state index >= 15 is 0 Å². The van der Waals surface area contributed by atoms with Crippen molar-refractivity contribution in [3.05, 3.63) is 64.4 Å². The molecule has 0 bridgehead atoms. The van der Waals surface area contributed by atoms with Crippen molar-refractivity contribution in [3.8, 4) is 6.07 Å². The molecule has 0 radical (unpaired) electrons. The molecule has 0 aliphatic carbocycles. The zero-order valence-corrected chi connectivity index (χ0v) is 14.0. The van der Waals surface area contributed by atoms with Crippen molar-refractivity contribution >= 4 is 23.2 Å². The van der Waals surface area contributed by atoms with Gasteiger partial charge in [-0.3, -0.25) is 9.69 Å². The molecule has 0 aromatic heterocycles. The third kappa shape index (κ3) is 5.05. The van der Waals surface area contributed by atoms with Gasteiger partial charge < -0.3 is 5.32 Å². The van der Waals surface area contributed by atoms with E-state index in [-0.39, 0.29) is 24.8 Å². The fourth-order valence-electron chi connectivity index (χ4n) is 2.25. The Morgan fingerprint density at radius 3 is 2.62 bits per heavy atom. The highest BCUT2D eigenvalue weighted by molar-refractivity contribution is 6.31. The third-order valence-electron chi connectivity index (χ3n) is 3.42. The Kier molecular flexibility index (Phi) is 6.30. The molecule has 6 heteroatoms. The first-order chi connectivity index (χ1) is 11.5. The summed E-state index contributed by atoms with van der Waals surface area (Å²) in [5, 5.41) is 11.7. The Bertz CT molecular complexity index is 736. The van der Waals surface area contributed by atoms with E-state index in [9.17, 15) is 9.18 Å². The van der Waals surface area contributed by atoms with Gasteiger partial charge in [-0.05, 0) is 36.9 Å². The molecule has 2 rings (SSSR count). The lowest BCUT2D eigenvalue weighted by Crippen LogP contribution is -2.30. The molecule has 2 aromatic rings. The monoisotopic (exact) mass is 345 g/mol. The third-order valence-corrected chi connectivity index (χ3v) is 3.78. The molecule has 4 nitrogen and oxygen atoms in total. The number of hydrogen-bond donors (Lipinski definition) is 1. The zero-order valence-electron chi connectivity index (χ0n) is 13.2. The van der Waals surface area contributed by atoms with Crippen LogP contribution in [0, 0.1) is 17.1 Å². The molecule has 0 saturated heterocycles. The predicted octanol–water partition coefficient (Wildman–Crippen LogP) is 3.62. The average Bonchev–Trinajstić information content (AvgIpc) is 2.53. The molecule has 1 amide bonds. The lowest BCUT2D eigenvalue weighted by Gasteiger charge is -2.17. The molecule has 0 aliphatic heterocycles. The Balaban J connectivity index is 1.91. The largest absolute Gasteiger partial charge is 0.325 e. The molecule has 24 heavy (non-hydrogen) atoms. The summed E-state index contributed by atoms with van der Waals surface area (Å²) in [6, 6.07) is 13.7. The van der Waals surface area contributed by atoms with Crippen LogP contribution in [0.3, 0.4) is 0 Å². The number of anilines is 1. The van der Waals surface area contributed by atoms with Gasteiger partial charge >= 0.3 is 0 Å². The Morgan fingerprint density at radius 2 is 2.00 bits per heavy atom. The van der Waals surface area contributed by atoms with Crippen LogP contribution in [0.1, 0.15) is 11.1 Å². The second-order valence-electron chi connectivity index (χ2n) is 5.45. The number of amides is 1. The van der Waals surface area contributed by atoms with Crippen molar-refractivity contribution in [1.82, 2.24) is 4.90 Å². The number of carbonyl (C=O) groups is 1. The van der Waals surface area contributed by atoms with E-state index in [0.717, 1.165) is 5.56 Å². The van der Waals surface area contributed by atoms with Crippen LogP contribution in [-0.2, 0) is 17.8 Å². The summed E-state index contributed by atoms with van der Waals surface area (Å²) in [5.74, 6) is -0.596. The number of nitrogens with one attached hydrogen (secondary N) is 1. The number of nitrogens with zero attached hydrogens (tertiary/aromatic N) is 2. The minimum atomic E-state index is -0.386. The molecule has 0 spiro atoms. The van der Waals surface area contributed by atoms with Crippen molar-refractivity contribution in [2.45, 2.75) is 13.0 Å². The highest BCUT2D eigenvalue weighted by Crippen LogP contribution is 2.20. The molecule has 0 heterocycles. The van der Waals surface area contributed by atoms with Crippen LogP contribution in [0.15, 0.2) is 42.5 Å². The molecule has 0 atom stereocenters. The maximum Gasteiger partial charge on any atom is 0.238 e. The standard InChI is InChI=1S/C18H17ClFN3O/c1-23(11-15-16(19)3-2-4-17(15)20)12-18(24)22-14-7-5-13(6-8-14)9-10-21/h2-8H,9,11-12H2,1H3,(H,22,24). The van der Waals surface area contributed by atoms with Crippen LogP contribution in [0.2, 0.25) is 5.02 Å². The zero-order chi connectivity index (χ0) is 17.5. The first-order valence-corrected chi connectivity index (χ1v) is 7.74. The van der Waals surface area contributed by atoms with Crippen molar-refractivity contribution in [2.24, 2.45) is 0 Å². The average molecular weight is 346 g/mol. The summed E-state index contributed by atoms with van der Waals surface area (Å²) in [6.45, 7) is 0.338. The summed E-state index contributed by atoms with van der Waals surface area (Å²) in [5.41, 5.74) is 1.91. The van der Waals surface area contributed by atoms with Gasteiger partial charge in [-0.1, -0.05) is 29.8 Å². The summed E-state index contributed by atoms with van der Waals surface area (Å²) >= 11 is 5.99. The number of nitriles is 1. The van der Waals surface area contributed by atoms with Gasteiger partial charge in [0.1, 0.15) is 5.82 Å². The van der Waals surface area contributed by atoms with E-state index in [4.69, 9.17) is 16.9 Å². The van der Waals surface area contributed by atoms with E-state index in [1.54, 1.807) is 48.3 Å². The van der Waals surface area contributed by atoms with Gasteiger partial charge in [-0.15, -0.1) is 0 Å². The molecular weight excluding hydrogens is 329 g/mol. The van der Waals surface area contributed by atoms with Gasteiger partial charge in [0.05, 0.1) is 19.0 Å². The molecule has 0 saturated carbocycles. The first-order valence-electron chi connectivity index (χ1n) is 7.36. The molecular formula is C18H17ClFN3O. The van der Waals surface area contributed by atoms with Gasteiger partial charge in [0.25, 0.3) is 0 Å². The SMILES string of the molecule is CN(CC(=O)Nc1ccc(CC#N)cc1)Cc1c(F)cccc1Cl. The van der Waals surface area contributed by atoms with Crippen molar-refractivity contribution < 1.29 is 9.18 Å². The highest BCUT2D eigenvalue weighted by Gasteiger charge is 2.12. The first kappa shape index (κ1) is 17.9. The Morgan fingerprint density at radius 1 is 1.29 bits per heavy atom. The van der Waals surface area contributed by atoms with Gasteiger partial charge in [-0.2, -0.15) is 5.26 Å². The quantitative estimate of drug-likeness (QED) is 0.870. The Hall–Kier alpha value is -2.42. The number of carbonyl (C=O) groups excluding carboxylic acids is 1. The number of halogens is 2. The fraction of sp³-hybridized carbons (Fsp3) is 0.222. The molecule has 0 fully saturated rings. The predicted molar refractivity (Wildman–Crippen MR) is 92.1 cm³/mol. The van der Waals surface area contributed by atoms with E-state index in [0.29, 0.717) is 22.7 Å². The topological polar surface area (TPSA) is 56.1 Å². The minimum absolute atomic E-state index is 0.102. The fourth-order valence-corrected chi connectivity index (χ4v) is 2.47. The van der Waals surface area contributed by atoms with Gasteiger partial charge in [0.2, 0.25) is 5.91 Å². The normalized spacial score (nSPS) is 10.5. The smallest absolute Gasteiger partial charge is 0.238 e. The summed E-state index contributed by atoms with van der Waals surface area (Å²) in [7, 11) is 1.72. The van der Waals surface area contributed by atoms with Gasteiger partial charge in [0, 0.05) is 22.8 Å². The molecule has 2 aromatic carbocycles.